The zero-order chi connectivity index (χ0) is 20.9. The van der Waals surface area contributed by atoms with E-state index in [-0.39, 0.29) is 0 Å². The molecule has 0 radical (unpaired) electrons. The van der Waals surface area contributed by atoms with Gasteiger partial charge in [-0.2, -0.15) is 0 Å². The molecule has 0 amide bonds. The van der Waals surface area contributed by atoms with Crippen molar-refractivity contribution in [3.8, 4) is 11.3 Å². The van der Waals surface area contributed by atoms with Crippen molar-refractivity contribution in [1.29, 1.82) is 0 Å². The van der Waals surface area contributed by atoms with Crippen molar-refractivity contribution in [2.24, 2.45) is 5.92 Å². The molecule has 0 saturated carbocycles. The molecule has 2 heterocycles. The Bertz CT molecular complexity index is 1590. The first-order chi connectivity index (χ1) is 15.2. The van der Waals surface area contributed by atoms with Gasteiger partial charge in [0.1, 0.15) is 11.2 Å². The summed E-state index contributed by atoms with van der Waals surface area (Å²) in [6.07, 6.45) is 2.77. The third-order valence-electron chi connectivity index (χ3n) is 5.99. The molecule has 3 heteroatoms. The molecule has 0 aliphatic heterocycles. The van der Waals surface area contributed by atoms with E-state index >= 15 is 0 Å². The second-order valence-electron chi connectivity index (χ2n) is 8.65. The number of benzene rings is 4. The Kier molecular flexibility index (Phi) is 4.25. The fourth-order valence-corrected chi connectivity index (χ4v) is 5.72. The average molecular weight is 419 g/mol. The lowest BCUT2D eigenvalue weighted by Crippen LogP contribution is -1.97. The van der Waals surface area contributed by atoms with Crippen LogP contribution in [0.2, 0.25) is 0 Å². The molecule has 150 valence electrons. The first-order valence-corrected chi connectivity index (χ1v) is 11.6. The minimum Gasteiger partial charge on any atom is -0.236 e. The number of thiophene rings is 1. The van der Waals surface area contributed by atoms with Crippen molar-refractivity contribution < 1.29 is 0 Å². The Morgan fingerprint density at radius 1 is 0.774 bits per heavy atom. The molecule has 0 spiro atoms. The van der Waals surface area contributed by atoms with Crippen LogP contribution in [0.3, 0.4) is 0 Å². The molecule has 6 rings (SSSR count). The maximum atomic E-state index is 4.80. The van der Waals surface area contributed by atoms with Gasteiger partial charge >= 0.3 is 0 Å². The molecule has 0 unspecified atom stereocenters. The lowest BCUT2D eigenvalue weighted by Gasteiger charge is -2.13. The molecular formula is C28H22N2S. The second kappa shape index (κ2) is 7.14. The monoisotopic (exact) mass is 418 g/mol. The van der Waals surface area contributed by atoms with Crippen molar-refractivity contribution in [3.63, 3.8) is 0 Å². The third-order valence-corrected chi connectivity index (χ3v) is 7.05. The summed E-state index contributed by atoms with van der Waals surface area (Å²) < 4.78 is 1.26. The molecule has 0 N–H and O–H groups in total. The van der Waals surface area contributed by atoms with Gasteiger partial charge in [0.25, 0.3) is 0 Å². The van der Waals surface area contributed by atoms with Gasteiger partial charge in [0, 0.05) is 21.0 Å². The van der Waals surface area contributed by atoms with Gasteiger partial charge in [-0.25, -0.2) is 9.97 Å². The van der Waals surface area contributed by atoms with E-state index in [2.05, 4.69) is 91.6 Å². The van der Waals surface area contributed by atoms with Crippen LogP contribution in [-0.4, -0.2) is 9.97 Å². The van der Waals surface area contributed by atoms with Gasteiger partial charge in [0.05, 0.1) is 5.69 Å². The summed E-state index contributed by atoms with van der Waals surface area (Å²) in [6, 6.07) is 26.4. The lowest BCUT2D eigenvalue weighted by atomic mass is 9.93. The van der Waals surface area contributed by atoms with Crippen LogP contribution < -0.4 is 0 Å². The summed E-state index contributed by atoms with van der Waals surface area (Å²) in [5.41, 5.74) is 3.59. The van der Waals surface area contributed by atoms with Crippen LogP contribution in [0.5, 0.6) is 0 Å². The van der Waals surface area contributed by atoms with E-state index in [4.69, 9.17) is 4.98 Å². The number of hydrogen-bond acceptors (Lipinski definition) is 3. The number of fused-ring (bicyclic) bond motifs is 5. The van der Waals surface area contributed by atoms with Crippen molar-refractivity contribution >= 4 is 53.2 Å². The third kappa shape index (κ3) is 3.08. The van der Waals surface area contributed by atoms with Crippen LogP contribution in [0.4, 0.5) is 0 Å². The molecular weight excluding hydrogens is 396 g/mol. The van der Waals surface area contributed by atoms with Crippen LogP contribution in [0, 0.1) is 5.92 Å². The van der Waals surface area contributed by atoms with Crippen LogP contribution in [0.25, 0.3) is 53.1 Å². The summed E-state index contributed by atoms with van der Waals surface area (Å²) >= 11 is 1.75. The molecule has 0 bridgehead atoms. The SMILES string of the molecule is CC(C)Cc1cc(-c2ncnc3sc4cc5ccccc5cc4c23)cc2ccccc12. The summed E-state index contributed by atoms with van der Waals surface area (Å²) in [4.78, 5) is 10.5. The Morgan fingerprint density at radius 2 is 1.52 bits per heavy atom. The summed E-state index contributed by atoms with van der Waals surface area (Å²) in [5.74, 6) is 0.595. The minimum absolute atomic E-state index is 0.595. The highest BCUT2D eigenvalue weighted by molar-refractivity contribution is 7.25. The van der Waals surface area contributed by atoms with Crippen molar-refractivity contribution in [1.82, 2.24) is 9.97 Å². The van der Waals surface area contributed by atoms with Crippen molar-refractivity contribution in [2.75, 3.05) is 0 Å². The predicted molar refractivity (Wildman–Crippen MR) is 134 cm³/mol. The molecule has 6 aromatic rings. The summed E-state index contributed by atoms with van der Waals surface area (Å²) in [6.45, 7) is 4.56. The molecule has 0 atom stereocenters. The zero-order valence-corrected chi connectivity index (χ0v) is 18.4. The van der Waals surface area contributed by atoms with Gasteiger partial charge in [-0.1, -0.05) is 62.4 Å². The quantitative estimate of drug-likeness (QED) is 0.291. The van der Waals surface area contributed by atoms with E-state index in [1.807, 2.05) is 0 Å². The molecule has 0 aliphatic rings. The minimum atomic E-state index is 0.595. The van der Waals surface area contributed by atoms with Gasteiger partial charge in [-0.3, -0.25) is 0 Å². The van der Waals surface area contributed by atoms with Crippen molar-refractivity contribution in [2.45, 2.75) is 20.3 Å². The smallest absolute Gasteiger partial charge is 0.128 e. The highest BCUT2D eigenvalue weighted by atomic mass is 32.1. The number of nitrogens with zero attached hydrogens (tertiary/aromatic N) is 2. The second-order valence-corrected chi connectivity index (χ2v) is 9.69. The van der Waals surface area contributed by atoms with Gasteiger partial charge < -0.3 is 0 Å². The molecule has 0 fully saturated rings. The molecule has 0 aliphatic carbocycles. The fraction of sp³-hybridized carbons (Fsp3) is 0.143. The van der Waals surface area contributed by atoms with E-state index in [9.17, 15) is 0 Å². The molecule has 2 nitrogen and oxygen atoms in total. The molecule has 0 saturated heterocycles. The maximum Gasteiger partial charge on any atom is 0.128 e. The van der Waals surface area contributed by atoms with Crippen LogP contribution >= 0.6 is 11.3 Å². The molecule has 31 heavy (non-hydrogen) atoms. The highest BCUT2D eigenvalue weighted by Crippen LogP contribution is 2.40. The average Bonchev–Trinajstić information content (AvgIpc) is 3.14. The normalized spacial score (nSPS) is 12.0. The summed E-state index contributed by atoms with van der Waals surface area (Å²) in [5, 5.41) is 7.54. The topological polar surface area (TPSA) is 25.8 Å². The standard InChI is InChI=1S/C28H22N2S/c1-17(2)11-21-13-22(12-20-9-5-6-10-23(20)21)27-26-24-14-18-7-3-4-8-19(18)15-25(24)31-28(26)30-16-29-27/h3-10,12-17H,11H2,1-2H3. The zero-order valence-electron chi connectivity index (χ0n) is 17.6. The largest absolute Gasteiger partial charge is 0.236 e. The van der Waals surface area contributed by atoms with Crippen LogP contribution in [0.15, 0.2) is 79.1 Å². The number of hydrogen-bond donors (Lipinski definition) is 0. The highest BCUT2D eigenvalue weighted by Gasteiger charge is 2.16. The van der Waals surface area contributed by atoms with E-state index < -0.39 is 0 Å². The Labute approximate surface area is 185 Å². The Morgan fingerprint density at radius 3 is 2.32 bits per heavy atom. The van der Waals surface area contributed by atoms with E-state index in [1.54, 1.807) is 17.7 Å². The van der Waals surface area contributed by atoms with E-state index in [0.717, 1.165) is 16.9 Å². The van der Waals surface area contributed by atoms with Crippen LogP contribution in [-0.2, 0) is 6.42 Å². The molecule has 4 aromatic carbocycles. The Balaban J connectivity index is 1.67. The van der Waals surface area contributed by atoms with Gasteiger partial charge in [0.2, 0.25) is 0 Å². The maximum absolute atomic E-state index is 4.80. The Hall–Kier alpha value is -3.30. The number of rotatable bonds is 3. The number of aromatic nitrogens is 2. The lowest BCUT2D eigenvalue weighted by molar-refractivity contribution is 0.650. The van der Waals surface area contributed by atoms with Crippen molar-refractivity contribution in [3.05, 3.63) is 84.7 Å². The van der Waals surface area contributed by atoms with Gasteiger partial charge in [0.15, 0.2) is 0 Å². The first kappa shape index (κ1) is 18.5. The van der Waals surface area contributed by atoms with E-state index in [1.165, 1.54) is 48.1 Å². The van der Waals surface area contributed by atoms with Gasteiger partial charge in [-0.15, -0.1) is 11.3 Å². The van der Waals surface area contributed by atoms with Gasteiger partial charge in [-0.05, 0) is 63.7 Å². The predicted octanol–water partition coefficient (Wildman–Crippen LogP) is 8.02. The summed E-state index contributed by atoms with van der Waals surface area (Å²) in [7, 11) is 0. The van der Waals surface area contributed by atoms with E-state index in [0.29, 0.717) is 5.92 Å². The fourth-order valence-electron chi connectivity index (χ4n) is 4.65. The van der Waals surface area contributed by atoms with Crippen LogP contribution in [0.1, 0.15) is 19.4 Å². The first-order valence-electron chi connectivity index (χ1n) is 10.8. The molecule has 2 aromatic heterocycles.